The first kappa shape index (κ1) is 13.0. The minimum Gasteiger partial charge on any atom is -0.387 e. The number of halogens is 5. The molecule has 0 aliphatic rings. The molecule has 1 aromatic rings. The zero-order chi connectivity index (χ0) is 11.6. The van der Waals surface area contributed by atoms with Gasteiger partial charge in [-0.25, -0.2) is 4.98 Å². The van der Waals surface area contributed by atoms with Crippen molar-refractivity contribution in [2.75, 3.05) is 0 Å². The highest BCUT2D eigenvalue weighted by molar-refractivity contribution is 14.1. The number of hydrogen-bond donors (Lipinski definition) is 0. The average Bonchev–Trinajstić information content (AvgIpc) is 2.09. The van der Waals surface area contributed by atoms with Gasteiger partial charge in [0.05, 0.1) is 3.57 Å². The fourth-order valence-electron chi connectivity index (χ4n) is 0.937. The molecule has 0 bridgehead atoms. The van der Waals surface area contributed by atoms with Crippen LogP contribution in [0, 0.1) is 10.5 Å². The van der Waals surface area contributed by atoms with E-state index in [1.165, 1.54) is 6.20 Å². The molecule has 0 N–H and O–H groups in total. The van der Waals surface area contributed by atoms with E-state index in [9.17, 15) is 13.2 Å². The van der Waals surface area contributed by atoms with Gasteiger partial charge in [0, 0.05) is 11.5 Å². The molecule has 84 valence electrons. The lowest BCUT2D eigenvalue weighted by atomic mass is 10.2. The molecule has 0 fully saturated rings. The van der Waals surface area contributed by atoms with Gasteiger partial charge < -0.3 is 4.74 Å². The third-order valence-electron chi connectivity index (χ3n) is 1.65. The summed E-state index contributed by atoms with van der Waals surface area (Å²) in [6.07, 6.45) is -3.34. The van der Waals surface area contributed by atoms with Crippen LogP contribution in [0.15, 0.2) is 6.20 Å². The second-order valence-corrected chi connectivity index (χ2v) is 4.36. The molecular weight excluding hydrogens is 390 g/mol. The van der Waals surface area contributed by atoms with Gasteiger partial charge in [-0.3, -0.25) is 0 Å². The van der Waals surface area contributed by atoms with Gasteiger partial charge in [0.1, 0.15) is 0 Å². The Labute approximate surface area is 106 Å². The van der Waals surface area contributed by atoms with E-state index in [1.54, 1.807) is 29.5 Å². The summed E-state index contributed by atoms with van der Waals surface area (Å²) in [6.45, 7) is 1.78. The molecule has 0 aromatic carbocycles. The van der Waals surface area contributed by atoms with E-state index in [1.807, 2.05) is 0 Å². The van der Waals surface area contributed by atoms with Crippen molar-refractivity contribution < 1.29 is 17.9 Å². The van der Waals surface area contributed by atoms with Crippen molar-refractivity contribution in [1.82, 2.24) is 4.98 Å². The first-order valence-electron chi connectivity index (χ1n) is 3.81. The summed E-state index contributed by atoms with van der Waals surface area (Å²) in [7, 11) is 0. The molecule has 7 heteroatoms. The molecule has 0 saturated carbocycles. The molecule has 0 amide bonds. The van der Waals surface area contributed by atoms with Crippen molar-refractivity contribution in [3.05, 3.63) is 20.9 Å². The highest BCUT2D eigenvalue weighted by Gasteiger charge is 2.33. The lowest BCUT2D eigenvalue weighted by Gasteiger charge is -2.12. The van der Waals surface area contributed by atoms with E-state index in [4.69, 9.17) is 0 Å². The van der Waals surface area contributed by atoms with Crippen LogP contribution in [-0.4, -0.2) is 11.3 Å². The first-order chi connectivity index (χ1) is 6.85. The van der Waals surface area contributed by atoms with Crippen LogP contribution < -0.4 is 4.74 Å². The molecule has 1 aromatic heterocycles. The quantitative estimate of drug-likeness (QED) is 0.561. The lowest BCUT2D eigenvalue weighted by Crippen LogP contribution is -2.19. The van der Waals surface area contributed by atoms with E-state index in [2.05, 4.69) is 25.7 Å². The number of aromatic nitrogens is 1. The van der Waals surface area contributed by atoms with Crippen molar-refractivity contribution in [3.8, 4) is 5.88 Å². The molecule has 0 spiro atoms. The van der Waals surface area contributed by atoms with Crippen LogP contribution in [0.25, 0.3) is 0 Å². The summed E-state index contributed by atoms with van der Waals surface area (Å²) in [5, 5.41) is 0.466. The Kier molecular flexibility index (Phi) is 4.21. The van der Waals surface area contributed by atoms with E-state index < -0.39 is 12.2 Å². The van der Waals surface area contributed by atoms with Crippen molar-refractivity contribution in [3.63, 3.8) is 0 Å². The number of nitrogens with zero attached hydrogens (tertiary/aromatic N) is 1. The SMILES string of the molecule is Cc1cnc(OC(F)(F)F)c(I)c1CBr. The summed E-state index contributed by atoms with van der Waals surface area (Å²) >= 11 is 4.99. The van der Waals surface area contributed by atoms with Crippen molar-refractivity contribution in [1.29, 1.82) is 0 Å². The normalized spacial score (nSPS) is 11.6. The van der Waals surface area contributed by atoms with Crippen molar-refractivity contribution in [2.45, 2.75) is 18.6 Å². The standard InChI is InChI=1S/C8H6BrF3INO/c1-4-3-14-7(15-8(10,11)12)6(13)5(4)2-9/h3H,2H2,1H3. The van der Waals surface area contributed by atoms with Crippen LogP contribution in [-0.2, 0) is 5.33 Å². The van der Waals surface area contributed by atoms with Gasteiger partial charge in [-0.05, 0) is 40.6 Å². The zero-order valence-electron chi connectivity index (χ0n) is 7.53. The van der Waals surface area contributed by atoms with Crippen molar-refractivity contribution >= 4 is 38.5 Å². The molecule has 15 heavy (non-hydrogen) atoms. The minimum absolute atomic E-state index is 0.377. The molecular formula is C8H6BrF3INO. The number of rotatable bonds is 2. The van der Waals surface area contributed by atoms with Gasteiger partial charge in [-0.2, -0.15) is 0 Å². The first-order valence-corrected chi connectivity index (χ1v) is 6.01. The Bertz CT molecular complexity index is 370. The summed E-state index contributed by atoms with van der Waals surface area (Å²) in [5.41, 5.74) is 1.58. The molecule has 1 heterocycles. The predicted octanol–water partition coefficient (Wildman–Crippen LogP) is 3.79. The van der Waals surface area contributed by atoms with Crippen LogP contribution in [0.3, 0.4) is 0 Å². The molecule has 0 radical (unpaired) electrons. The van der Waals surface area contributed by atoms with Gasteiger partial charge >= 0.3 is 6.36 Å². The summed E-state index contributed by atoms with van der Waals surface area (Å²) in [4.78, 5) is 3.60. The van der Waals surface area contributed by atoms with Crippen LogP contribution in [0.1, 0.15) is 11.1 Å². The number of ether oxygens (including phenoxy) is 1. The molecule has 0 atom stereocenters. The number of aryl methyl sites for hydroxylation is 1. The summed E-state index contributed by atoms with van der Waals surface area (Å²) in [6, 6.07) is 0. The average molecular weight is 396 g/mol. The maximum Gasteiger partial charge on any atom is 0.574 e. The fraction of sp³-hybridized carbons (Fsp3) is 0.375. The fourth-order valence-corrected chi connectivity index (χ4v) is 3.05. The zero-order valence-corrected chi connectivity index (χ0v) is 11.3. The van der Waals surface area contributed by atoms with Gasteiger partial charge in [-0.15, -0.1) is 13.2 Å². The van der Waals surface area contributed by atoms with Gasteiger partial charge in [0.2, 0.25) is 5.88 Å². The third kappa shape index (κ3) is 3.47. The Hall–Kier alpha value is -0.0500. The maximum absolute atomic E-state index is 12.0. The van der Waals surface area contributed by atoms with Crippen LogP contribution in [0.4, 0.5) is 13.2 Å². The topological polar surface area (TPSA) is 22.1 Å². The monoisotopic (exact) mass is 395 g/mol. The van der Waals surface area contributed by atoms with Gasteiger partial charge in [0.25, 0.3) is 0 Å². The molecule has 0 aliphatic carbocycles. The van der Waals surface area contributed by atoms with Gasteiger partial charge in [0.15, 0.2) is 0 Å². The largest absolute Gasteiger partial charge is 0.574 e. The molecule has 1 rings (SSSR count). The number of pyridine rings is 1. The van der Waals surface area contributed by atoms with Crippen LogP contribution >= 0.6 is 38.5 Å². The van der Waals surface area contributed by atoms with E-state index in [0.717, 1.165) is 11.1 Å². The second kappa shape index (κ2) is 4.86. The molecule has 0 aliphatic heterocycles. The third-order valence-corrected chi connectivity index (χ3v) is 3.32. The number of hydrogen-bond acceptors (Lipinski definition) is 2. The van der Waals surface area contributed by atoms with E-state index >= 15 is 0 Å². The molecule has 0 saturated heterocycles. The molecule has 0 unspecified atom stereocenters. The van der Waals surface area contributed by atoms with Crippen LogP contribution in [0.5, 0.6) is 5.88 Å². The predicted molar refractivity (Wildman–Crippen MR) is 61.0 cm³/mol. The summed E-state index contributed by atoms with van der Waals surface area (Å²) in [5.74, 6) is -0.400. The Balaban J connectivity index is 3.11. The maximum atomic E-state index is 12.0. The van der Waals surface area contributed by atoms with E-state index in [-0.39, 0.29) is 0 Å². The summed E-state index contributed by atoms with van der Waals surface area (Å²) < 4.78 is 40.1. The Morgan fingerprint density at radius 2 is 2.13 bits per heavy atom. The van der Waals surface area contributed by atoms with E-state index in [0.29, 0.717) is 8.90 Å². The lowest BCUT2D eigenvalue weighted by molar-refractivity contribution is -0.276. The minimum atomic E-state index is -4.70. The Morgan fingerprint density at radius 1 is 1.53 bits per heavy atom. The highest BCUT2D eigenvalue weighted by atomic mass is 127. The molecule has 2 nitrogen and oxygen atoms in total. The Morgan fingerprint density at radius 3 is 2.60 bits per heavy atom. The second-order valence-electron chi connectivity index (χ2n) is 2.72. The van der Waals surface area contributed by atoms with Crippen molar-refractivity contribution in [2.24, 2.45) is 0 Å². The van der Waals surface area contributed by atoms with Crippen LogP contribution in [0.2, 0.25) is 0 Å². The van der Waals surface area contributed by atoms with Gasteiger partial charge in [-0.1, -0.05) is 15.9 Å². The highest BCUT2D eigenvalue weighted by Crippen LogP contribution is 2.30. The smallest absolute Gasteiger partial charge is 0.387 e. The number of alkyl halides is 4.